The number of primary amides is 1. The van der Waals surface area contributed by atoms with Crippen LogP contribution in [0.3, 0.4) is 0 Å². The zero-order valence-corrected chi connectivity index (χ0v) is 14.7. The first-order valence-electron chi connectivity index (χ1n) is 8.63. The van der Waals surface area contributed by atoms with Gasteiger partial charge >= 0.3 is 0 Å². The second-order valence-corrected chi connectivity index (χ2v) is 5.90. The fourth-order valence-corrected chi connectivity index (χ4v) is 2.56. The van der Waals surface area contributed by atoms with Gasteiger partial charge in [-0.1, -0.05) is 50.8 Å². The minimum Gasteiger partial charge on any atom is -0.507 e. The van der Waals surface area contributed by atoms with Gasteiger partial charge in [0.05, 0.1) is 5.69 Å². The molecular weight excluding hydrogens is 328 g/mol. The summed E-state index contributed by atoms with van der Waals surface area (Å²) >= 11 is 0. The summed E-state index contributed by atoms with van der Waals surface area (Å²) in [4.78, 5) is 12.4. The third-order valence-corrected chi connectivity index (χ3v) is 3.94. The molecule has 136 valence electrons. The summed E-state index contributed by atoms with van der Waals surface area (Å²) in [6, 6.07) is 10.9. The number of nitrogens with zero attached hydrogens (tertiary/aromatic N) is 2. The Bertz CT molecular complexity index is 846. The molecule has 26 heavy (non-hydrogen) atoms. The summed E-state index contributed by atoms with van der Waals surface area (Å²) in [6.45, 7) is 3.09. The van der Waals surface area contributed by atoms with E-state index in [0.29, 0.717) is 11.3 Å². The Balaban J connectivity index is 0.000000201. The van der Waals surface area contributed by atoms with Crippen LogP contribution in [0.15, 0.2) is 55.3 Å². The number of amides is 1. The second-order valence-electron chi connectivity index (χ2n) is 5.90. The number of carbonyl (C=O) groups is 1. The van der Waals surface area contributed by atoms with Crippen LogP contribution >= 0.6 is 0 Å². The molecule has 2 aromatic heterocycles. The number of carbonyl (C=O) groups excluding carboxylic acids is 1. The second kappa shape index (κ2) is 9.98. The molecule has 4 N–H and O–H groups in total. The number of aromatic nitrogens is 3. The van der Waals surface area contributed by atoms with Crippen LogP contribution in [0.4, 0.5) is 0 Å². The molecule has 1 aliphatic carbocycles. The predicted octanol–water partition coefficient (Wildman–Crippen LogP) is 3.94. The monoisotopic (exact) mass is 352 g/mol. The maximum atomic E-state index is 9.71. The molecule has 3 aromatic rings. The number of para-hydroxylation sites is 1. The molecule has 0 atom stereocenters. The van der Waals surface area contributed by atoms with E-state index in [1.807, 2.05) is 30.5 Å². The average Bonchev–Trinajstić information content (AvgIpc) is 3.36. The molecule has 1 aromatic carbocycles. The number of aromatic amines is 1. The van der Waals surface area contributed by atoms with E-state index >= 15 is 0 Å². The van der Waals surface area contributed by atoms with Crippen LogP contribution in [0.2, 0.25) is 0 Å². The van der Waals surface area contributed by atoms with Crippen molar-refractivity contribution >= 4 is 16.9 Å². The zero-order chi connectivity index (χ0) is 18.8. The third kappa shape index (κ3) is 5.73. The molecule has 1 saturated carbocycles. The van der Waals surface area contributed by atoms with Crippen molar-refractivity contribution in [1.82, 2.24) is 15.2 Å². The van der Waals surface area contributed by atoms with Crippen LogP contribution in [0.5, 0.6) is 5.75 Å². The summed E-state index contributed by atoms with van der Waals surface area (Å²) in [7, 11) is 0. The Labute approximate surface area is 152 Å². The highest BCUT2D eigenvalue weighted by Gasteiger charge is 2.06. The van der Waals surface area contributed by atoms with Crippen LogP contribution in [-0.2, 0) is 4.79 Å². The van der Waals surface area contributed by atoms with Crippen molar-refractivity contribution in [2.75, 3.05) is 0 Å². The van der Waals surface area contributed by atoms with Gasteiger partial charge in [-0.3, -0.25) is 4.79 Å². The van der Waals surface area contributed by atoms with Gasteiger partial charge in [-0.25, -0.2) is 0 Å². The smallest absolute Gasteiger partial charge is 0.240 e. The summed E-state index contributed by atoms with van der Waals surface area (Å²) in [5.74, 6) is -0.267. The Kier molecular flexibility index (Phi) is 7.36. The molecule has 0 unspecified atom stereocenters. The van der Waals surface area contributed by atoms with Crippen LogP contribution in [0.1, 0.15) is 32.1 Å². The summed E-state index contributed by atoms with van der Waals surface area (Å²) in [5.41, 5.74) is 6.65. The van der Waals surface area contributed by atoms with Crippen LogP contribution in [-0.4, -0.2) is 26.2 Å². The van der Waals surface area contributed by atoms with Crippen LogP contribution < -0.4 is 5.73 Å². The van der Waals surface area contributed by atoms with Crippen molar-refractivity contribution in [1.29, 1.82) is 0 Å². The maximum Gasteiger partial charge on any atom is 0.240 e. The number of H-pyrrole nitrogens is 1. The Morgan fingerprint density at radius 3 is 2.31 bits per heavy atom. The minimum absolute atomic E-state index is 0.215. The first-order chi connectivity index (χ1) is 12.6. The molecule has 0 bridgehead atoms. The third-order valence-electron chi connectivity index (χ3n) is 3.94. The van der Waals surface area contributed by atoms with E-state index in [-0.39, 0.29) is 5.75 Å². The number of phenols is 1. The van der Waals surface area contributed by atoms with E-state index in [2.05, 4.69) is 27.5 Å². The predicted molar refractivity (Wildman–Crippen MR) is 103 cm³/mol. The lowest BCUT2D eigenvalue weighted by atomic mass is 10.1. The van der Waals surface area contributed by atoms with E-state index in [9.17, 15) is 9.90 Å². The molecule has 1 fully saturated rings. The fourth-order valence-electron chi connectivity index (χ4n) is 2.56. The van der Waals surface area contributed by atoms with E-state index in [0.717, 1.165) is 17.1 Å². The highest BCUT2D eigenvalue weighted by atomic mass is 16.3. The van der Waals surface area contributed by atoms with Gasteiger partial charge in [-0.2, -0.15) is 0 Å². The molecule has 1 amide bonds. The van der Waals surface area contributed by atoms with Crippen molar-refractivity contribution in [2.24, 2.45) is 5.73 Å². The van der Waals surface area contributed by atoms with Gasteiger partial charge in [-0.15, -0.1) is 10.2 Å². The number of nitrogens with two attached hydrogens (primary N) is 1. The normalized spacial score (nSPS) is 12.5. The number of aromatic hydroxyl groups is 1. The van der Waals surface area contributed by atoms with Crippen molar-refractivity contribution in [3.8, 4) is 17.0 Å². The van der Waals surface area contributed by atoms with E-state index < -0.39 is 5.91 Å². The Morgan fingerprint density at radius 2 is 1.73 bits per heavy atom. The molecule has 6 heteroatoms. The van der Waals surface area contributed by atoms with Crippen molar-refractivity contribution in [2.45, 2.75) is 32.1 Å². The number of rotatable bonds is 2. The zero-order valence-electron chi connectivity index (χ0n) is 14.7. The molecule has 2 heterocycles. The lowest BCUT2D eigenvalue weighted by molar-refractivity contribution is -0.113. The molecule has 1 aliphatic rings. The van der Waals surface area contributed by atoms with Gasteiger partial charge in [0.25, 0.3) is 0 Å². The standard InChI is InChI=1S/C12H9N3O.C5H10.C3H5NO/c16-11-4-2-1-3-9(11)10-7-8-5-6-13-12(8)15-14-10;1-2-4-5-3-1;1-2-3(4)5/h1-7,16H,(H,13,15);1-5H2;2H,1H2,(H2,4,5). The first kappa shape index (κ1) is 19.2. The van der Waals surface area contributed by atoms with Gasteiger partial charge in [0.2, 0.25) is 5.91 Å². The summed E-state index contributed by atoms with van der Waals surface area (Å²) < 4.78 is 0. The molecule has 0 spiro atoms. The highest BCUT2D eigenvalue weighted by molar-refractivity contribution is 5.85. The SMILES string of the molecule is C1CCCC1.C=CC(N)=O.Oc1ccccc1-c1cc2cc[nH]c2nn1. The van der Waals surface area contributed by atoms with Crippen LogP contribution in [0, 0.1) is 0 Å². The fraction of sp³-hybridized carbons (Fsp3) is 0.250. The molecule has 0 saturated heterocycles. The summed E-state index contributed by atoms with van der Waals surface area (Å²) in [5, 5.41) is 18.8. The van der Waals surface area contributed by atoms with E-state index in [1.54, 1.807) is 12.1 Å². The number of nitrogens with one attached hydrogen (secondary N) is 1. The van der Waals surface area contributed by atoms with Crippen molar-refractivity contribution in [3.63, 3.8) is 0 Å². The topological polar surface area (TPSA) is 105 Å². The minimum atomic E-state index is -0.481. The molecule has 4 rings (SSSR count). The summed E-state index contributed by atoms with van der Waals surface area (Å²) in [6.07, 6.45) is 10.4. The number of hydrogen-bond donors (Lipinski definition) is 3. The van der Waals surface area contributed by atoms with Gasteiger partial charge < -0.3 is 15.8 Å². The largest absolute Gasteiger partial charge is 0.507 e. The average molecular weight is 352 g/mol. The van der Waals surface area contributed by atoms with Crippen molar-refractivity contribution < 1.29 is 9.90 Å². The van der Waals surface area contributed by atoms with Gasteiger partial charge in [0.15, 0.2) is 5.65 Å². The molecule has 0 aliphatic heterocycles. The number of fused-ring (bicyclic) bond motifs is 1. The highest BCUT2D eigenvalue weighted by Crippen LogP contribution is 2.27. The lowest BCUT2D eigenvalue weighted by Gasteiger charge is -2.02. The number of phenolic OH excluding ortho intramolecular Hbond substituents is 1. The molecule has 0 radical (unpaired) electrons. The number of hydrogen-bond acceptors (Lipinski definition) is 4. The van der Waals surface area contributed by atoms with E-state index in [1.165, 1.54) is 32.1 Å². The molecular formula is C20H24N4O2. The lowest BCUT2D eigenvalue weighted by Crippen LogP contribution is -2.04. The Morgan fingerprint density at radius 1 is 1.12 bits per heavy atom. The number of benzene rings is 1. The first-order valence-corrected chi connectivity index (χ1v) is 8.63. The maximum absolute atomic E-state index is 9.71. The van der Waals surface area contributed by atoms with E-state index in [4.69, 9.17) is 0 Å². The molecule has 6 nitrogen and oxygen atoms in total. The van der Waals surface area contributed by atoms with Gasteiger partial charge in [0, 0.05) is 17.1 Å². The van der Waals surface area contributed by atoms with Crippen molar-refractivity contribution in [3.05, 3.63) is 55.3 Å². The van der Waals surface area contributed by atoms with Crippen LogP contribution in [0.25, 0.3) is 22.3 Å². The Hall–Kier alpha value is -3.15. The van der Waals surface area contributed by atoms with Gasteiger partial charge in [-0.05, 0) is 30.3 Å². The quantitative estimate of drug-likeness (QED) is 0.607. The van der Waals surface area contributed by atoms with Gasteiger partial charge in [0.1, 0.15) is 5.75 Å².